The molecule has 7 heteroatoms. The number of rotatable bonds is 8. The van der Waals surface area contributed by atoms with E-state index in [4.69, 9.17) is 14.2 Å². The molecule has 7 nitrogen and oxygen atoms in total. The number of amides is 1. The van der Waals surface area contributed by atoms with Gasteiger partial charge in [0, 0.05) is 18.0 Å². The summed E-state index contributed by atoms with van der Waals surface area (Å²) in [5, 5.41) is 6.08. The molecule has 2 N–H and O–H groups in total. The molecule has 0 aliphatic carbocycles. The number of methoxy groups -OCH3 is 2. The highest BCUT2D eigenvalue weighted by Gasteiger charge is 2.12. The van der Waals surface area contributed by atoms with E-state index >= 15 is 0 Å². The number of hydrogen-bond acceptors (Lipinski definition) is 6. The number of benzene rings is 2. The van der Waals surface area contributed by atoms with Gasteiger partial charge in [0.2, 0.25) is 0 Å². The molecule has 3 rings (SSSR count). The van der Waals surface area contributed by atoms with Gasteiger partial charge in [-0.3, -0.25) is 9.78 Å². The number of anilines is 3. The molecule has 0 aliphatic rings. The molecule has 0 unspecified atom stereocenters. The Balaban J connectivity index is 1.80. The summed E-state index contributed by atoms with van der Waals surface area (Å²) in [5.74, 6) is 1.62. The van der Waals surface area contributed by atoms with Crippen molar-refractivity contribution in [2.75, 3.05) is 31.5 Å². The molecule has 1 heterocycles. The van der Waals surface area contributed by atoms with E-state index in [1.807, 2.05) is 31.2 Å². The molecule has 0 saturated heterocycles. The number of nitrogens with zero attached hydrogens (tertiary/aromatic N) is 1. The van der Waals surface area contributed by atoms with Gasteiger partial charge in [0.25, 0.3) is 5.91 Å². The summed E-state index contributed by atoms with van der Waals surface area (Å²) in [6, 6.07) is 16.1. The van der Waals surface area contributed by atoms with Gasteiger partial charge in [0.05, 0.1) is 32.2 Å². The van der Waals surface area contributed by atoms with E-state index in [0.717, 1.165) is 0 Å². The van der Waals surface area contributed by atoms with E-state index in [0.29, 0.717) is 40.9 Å². The smallest absolute Gasteiger partial charge is 0.274 e. The normalized spacial score (nSPS) is 10.2. The third-order valence-corrected chi connectivity index (χ3v) is 4.11. The highest BCUT2D eigenvalue weighted by atomic mass is 16.5. The summed E-state index contributed by atoms with van der Waals surface area (Å²) < 4.78 is 16.2. The number of para-hydroxylation sites is 2. The second kappa shape index (κ2) is 9.45. The van der Waals surface area contributed by atoms with Crippen LogP contribution in [0.25, 0.3) is 0 Å². The molecule has 0 saturated carbocycles. The number of hydrogen-bond donors (Lipinski definition) is 2. The van der Waals surface area contributed by atoms with E-state index in [-0.39, 0.29) is 11.6 Å². The first-order chi connectivity index (χ1) is 14.1. The molecular formula is C22H23N3O4. The van der Waals surface area contributed by atoms with Crippen LogP contribution < -0.4 is 24.8 Å². The first-order valence-electron chi connectivity index (χ1n) is 9.13. The maximum atomic E-state index is 12.7. The third-order valence-electron chi connectivity index (χ3n) is 4.11. The number of aromatic nitrogens is 1. The Bertz CT molecular complexity index is 991. The molecule has 0 fully saturated rings. The molecule has 150 valence electrons. The summed E-state index contributed by atoms with van der Waals surface area (Å²) >= 11 is 0. The summed E-state index contributed by atoms with van der Waals surface area (Å²) in [6.45, 7) is 2.40. The minimum absolute atomic E-state index is 0.267. The number of pyridine rings is 1. The van der Waals surface area contributed by atoms with Crippen molar-refractivity contribution in [3.05, 3.63) is 66.5 Å². The maximum absolute atomic E-state index is 12.7. The predicted octanol–water partition coefficient (Wildman–Crippen LogP) is 4.49. The first-order valence-corrected chi connectivity index (χ1v) is 9.13. The monoisotopic (exact) mass is 393 g/mol. The average molecular weight is 393 g/mol. The van der Waals surface area contributed by atoms with Crippen LogP contribution in [0.5, 0.6) is 17.2 Å². The molecule has 0 atom stereocenters. The van der Waals surface area contributed by atoms with E-state index in [1.54, 1.807) is 50.7 Å². The summed E-state index contributed by atoms with van der Waals surface area (Å²) in [4.78, 5) is 16.9. The zero-order valence-corrected chi connectivity index (χ0v) is 16.6. The summed E-state index contributed by atoms with van der Waals surface area (Å²) in [5.41, 5.74) is 2.26. The standard InChI is InChI=1S/C22H23N3O4/c1-4-29-21-8-6-5-7-17(21)25-22(26)19-13-15(11-12-23-19)24-18-14-16(27-2)9-10-20(18)28-3/h5-14H,4H2,1-3H3,(H,23,24)(H,25,26). The predicted molar refractivity (Wildman–Crippen MR) is 113 cm³/mol. The number of carbonyl (C=O) groups excluding carboxylic acids is 1. The lowest BCUT2D eigenvalue weighted by Crippen LogP contribution is -2.14. The van der Waals surface area contributed by atoms with Crippen LogP contribution in [0.1, 0.15) is 17.4 Å². The van der Waals surface area contributed by atoms with Crippen LogP contribution in [0.3, 0.4) is 0 Å². The van der Waals surface area contributed by atoms with Crippen LogP contribution in [0.2, 0.25) is 0 Å². The van der Waals surface area contributed by atoms with Gasteiger partial charge >= 0.3 is 0 Å². The number of nitrogens with one attached hydrogen (secondary N) is 2. The Morgan fingerprint density at radius 1 is 0.966 bits per heavy atom. The van der Waals surface area contributed by atoms with Crippen LogP contribution in [0, 0.1) is 0 Å². The van der Waals surface area contributed by atoms with Gasteiger partial charge in [-0.15, -0.1) is 0 Å². The fraction of sp³-hybridized carbons (Fsp3) is 0.182. The fourth-order valence-corrected chi connectivity index (χ4v) is 2.74. The molecule has 1 amide bonds. The summed E-state index contributed by atoms with van der Waals surface area (Å²) in [7, 11) is 3.19. The van der Waals surface area contributed by atoms with Crippen molar-refractivity contribution < 1.29 is 19.0 Å². The van der Waals surface area contributed by atoms with Gasteiger partial charge in [0.15, 0.2) is 0 Å². The minimum Gasteiger partial charge on any atom is -0.497 e. The van der Waals surface area contributed by atoms with E-state index in [9.17, 15) is 4.79 Å². The molecule has 1 aromatic heterocycles. The highest BCUT2D eigenvalue weighted by Crippen LogP contribution is 2.31. The molecule has 29 heavy (non-hydrogen) atoms. The van der Waals surface area contributed by atoms with E-state index < -0.39 is 0 Å². The fourth-order valence-electron chi connectivity index (χ4n) is 2.74. The van der Waals surface area contributed by atoms with Crippen LogP contribution >= 0.6 is 0 Å². The van der Waals surface area contributed by atoms with Gasteiger partial charge < -0.3 is 24.8 Å². The second-order valence-corrected chi connectivity index (χ2v) is 6.00. The van der Waals surface area contributed by atoms with Crippen molar-refractivity contribution in [3.8, 4) is 17.2 Å². The third kappa shape index (κ3) is 4.95. The van der Waals surface area contributed by atoms with Crippen LogP contribution in [-0.2, 0) is 0 Å². The average Bonchev–Trinajstić information content (AvgIpc) is 2.75. The number of carbonyl (C=O) groups is 1. The van der Waals surface area contributed by atoms with Crippen molar-refractivity contribution in [2.24, 2.45) is 0 Å². The molecule has 0 radical (unpaired) electrons. The van der Waals surface area contributed by atoms with Crippen molar-refractivity contribution in [2.45, 2.75) is 6.92 Å². The minimum atomic E-state index is -0.335. The van der Waals surface area contributed by atoms with Gasteiger partial charge in [-0.25, -0.2) is 0 Å². The number of ether oxygens (including phenoxy) is 3. The Labute approximate surface area is 169 Å². The Morgan fingerprint density at radius 3 is 2.55 bits per heavy atom. The van der Waals surface area contributed by atoms with Crippen molar-refractivity contribution in [1.29, 1.82) is 0 Å². The van der Waals surface area contributed by atoms with Gasteiger partial charge in [-0.05, 0) is 43.3 Å². The molecule has 3 aromatic rings. The SMILES string of the molecule is CCOc1ccccc1NC(=O)c1cc(Nc2cc(OC)ccc2OC)ccn1. The quantitative estimate of drug-likeness (QED) is 0.587. The molecule has 0 aliphatic heterocycles. The lowest BCUT2D eigenvalue weighted by atomic mass is 10.2. The Kier molecular flexibility index (Phi) is 6.52. The van der Waals surface area contributed by atoms with Crippen LogP contribution in [0.4, 0.5) is 17.1 Å². The lowest BCUT2D eigenvalue weighted by Gasteiger charge is -2.14. The Morgan fingerprint density at radius 2 is 1.79 bits per heavy atom. The topological polar surface area (TPSA) is 81.7 Å². The van der Waals surface area contributed by atoms with Crippen LogP contribution in [-0.4, -0.2) is 31.7 Å². The molecule has 0 spiro atoms. The Hall–Kier alpha value is -3.74. The van der Waals surface area contributed by atoms with Crippen molar-refractivity contribution in [1.82, 2.24) is 4.98 Å². The summed E-state index contributed by atoms with van der Waals surface area (Å²) in [6.07, 6.45) is 1.57. The second-order valence-electron chi connectivity index (χ2n) is 6.00. The van der Waals surface area contributed by atoms with Crippen molar-refractivity contribution >= 4 is 23.0 Å². The van der Waals surface area contributed by atoms with Crippen LogP contribution in [0.15, 0.2) is 60.8 Å². The van der Waals surface area contributed by atoms with E-state index in [1.165, 1.54) is 0 Å². The first kappa shape index (κ1) is 20.0. The van der Waals surface area contributed by atoms with Gasteiger partial charge in [-0.2, -0.15) is 0 Å². The molecular weight excluding hydrogens is 370 g/mol. The largest absolute Gasteiger partial charge is 0.497 e. The van der Waals surface area contributed by atoms with Gasteiger partial charge in [0.1, 0.15) is 22.9 Å². The molecule has 2 aromatic carbocycles. The zero-order chi connectivity index (χ0) is 20.6. The lowest BCUT2D eigenvalue weighted by molar-refractivity contribution is 0.102. The van der Waals surface area contributed by atoms with Gasteiger partial charge in [-0.1, -0.05) is 12.1 Å². The van der Waals surface area contributed by atoms with E-state index in [2.05, 4.69) is 15.6 Å². The maximum Gasteiger partial charge on any atom is 0.274 e. The molecule has 0 bridgehead atoms. The highest BCUT2D eigenvalue weighted by molar-refractivity contribution is 6.04. The zero-order valence-electron chi connectivity index (χ0n) is 16.6. The van der Waals surface area contributed by atoms with Crippen molar-refractivity contribution in [3.63, 3.8) is 0 Å².